The van der Waals surface area contributed by atoms with Crippen LogP contribution in [0.4, 0.5) is 0 Å². The molecule has 0 N–H and O–H groups in total. The first-order chi connectivity index (χ1) is 7.29. The smallest absolute Gasteiger partial charge is 0.320 e. The highest BCUT2D eigenvalue weighted by Crippen LogP contribution is 2.36. The highest BCUT2D eigenvalue weighted by atomic mass is 16.5. The molecular weight excluding hydrogens is 188 g/mol. The molecule has 1 aromatic carbocycles. The number of allylic oxidation sites excluding steroid dienone is 1. The van der Waals surface area contributed by atoms with Gasteiger partial charge in [-0.15, -0.1) is 0 Å². The van der Waals surface area contributed by atoms with E-state index in [9.17, 15) is 4.79 Å². The van der Waals surface area contributed by atoms with Crippen LogP contribution < -0.4 is 0 Å². The van der Waals surface area contributed by atoms with Crippen molar-refractivity contribution in [3.05, 3.63) is 48.0 Å². The molecule has 1 atom stereocenters. The topological polar surface area (TPSA) is 26.3 Å². The molecule has 0 heterocycles. The lowest BCUT2D eigenvalue weighted by molar-refractivity contribution is -0.145. The first kappa shape index (κ1) is 9.97. The summed E-state index contributed by atoms with van der Waals surface area (Å²) in [4.78, 5) is 11.9. The minimum absolute atomic E-state index is 0.164. The molecule has 0 radical (unpaired) electrons. The molecule has 1 aliphatic rings. The van der Waals surface area contributed by atoms with E-state index in [4.69, 9.17) is 4.74 Å². The summed E-state index contributed by atoms with van der Waals surface area (Å²) < 4.78 is 4.90. The van der Waals surface area contributed by atoms with Gasteiger partial charge in [-0.25, -0.2) is 0 Å². The first-order valence-corrected chi connectivity index (χ1v) is 5.11. The molecule has 1 aromatic rings. The Morgan fingerprint density at radius 1 is 1.33 bits per heavy atom. The van der Waals surface area contributed by atoms with Crippen LogP contribution in [0.15, 0.2) is 42.5 Å². The van der Waals surface area contributed by atoms with Crippen LogP contribution in [0.1, 0.15) is 18.4 Å². The number of rotatable bonds is 2. The van der Waals surface area contributed by atoms with Gasteiger partial charge in [0.05, 0.1) is 7.11 Å². The van der Waals surface area contributed by atoms with E-state index in [-0.39, 0.29) is 5.97 Å². The minimum atomic E-state index is -0.546. The van der Waals surface area contributed by atoms with Crippen molar-refractivity contribution in [2.75, 3.05) is 7.11 Å². The van der Waals surface area contributed by atoms with Crippen LogP contribution in [-0.4, -0.2) is 13.1 Å². The highest BCUT2D eigenvalue weighted by Gasteiger charge is 2.40. The van der Waals surface area contributed by atoms with Gasteiger partial charge in [-0.2, -0.15) is 0 Å². The summed E-state index contributed by atoms with van der Waals surface area (Å²) in [5.74, 6) is -0.164. The Labute approximate surface area is 89.6 Å². The number of carbonyl (C=O) groups excluding carboxylic acids is 1. The molecule has 2 nitrogen and oxygen atoms in total. The lowest BCUT2D eigenvalue weighted by Crippen LogP contribution is -2.32. The summed E-state index contributed by atoms with van der Waals surface area (Å²) in [5.41, 5.74) is 0.473. The van der Waals surface area contributed by atoms with Gasteiger partial charge in [0.25, 0.3) is 0 Å². The molecule has 0 saturated heterocycles. The normalized spacial score (nSPS) is 24.1. The lowest BCUT2D eigenvalue weighted by atomic mass is 9.80. The van der Waals surface area contributed by atoms with Crippen LogP contribution >= 0.6 is 0 Å². The van der Waals surface area contributed by atoms with Crippen molar-refractivity contribution in [2.45, 2.75) is 18.3 Å². The number of methoxy groups -OCH3 is 1. The van der Waals surface area contributed by atoms with E-state index in [1.54, 1.807) is 0 Å². The van der Waals surface area contributed by atoms with Gasteiger partial charge in [0.15, 0.2) is 0 Å². The van der Waals surface area contributed by atoms with Crippen LogP contribution in [-0.2, 0) is 14.9 Å². The molecule has 0 bridgehead atoms. The molecule has 1 unspecified atom stereocenters. The molecule has 2 rings (SSSR count). The SMILES string of the molecule is COC(=O)C1(c2ccccc2)C=CCC1. The molecule has 0 spiro atoms. The Morgan fingerprint density at radius 2 is 2.07 bits per heavy atom. The standard InChI is InChI=1S/C13H14O2/c1-15-12(14)13(9-5-6-10-13)11-7-3-2-4-8-11/h2-5,7-9H,6,10H2,1H3. The monoisotopic (exact) mass is 202 g/mol. The summed E-state index contributed by atoms with van der Waals surface area (Å²) in [5, 5.41) is 0. The zero-order valence-electron chi connectivity index (χ0n) is 8.77. The van der Waals surface area contributed by atoms with Crippen molar-refractivity contribution in [3.63, 3.8) is 0 Å². The van der Waals surface area contributed by atoms with Crippen LogP contribution in [0.3, 0.4) is 0 Å². The molecule has 0 fully saturated rings. The molecule has 0 saturated carbocycles. The fourth-order valence-corrected chi connectivity index (χ4v) is 2.13. The summed E-state index contributed by atoms with van der Waals surface area (Å²) in [6.45, 7) is 0. The number of hydrogen-bond acceptors (Lipinski definition) is 2. The maximum atomic E-state index is 11.9. The molecule has 0 aromatic heterocycles. The molecular formula is C13H14O2. The Bertz CT molecular complexity index is 381. The van der Waals surface area contributed by atoms with E-state index in [2.05, 4.69) is 0 Å². The van der Waals surface area contributed by atoms with Crippen LogP contribution in [0.2, 0.25) is 0 Å². The summed E-state index contributed by atoms with van der Waals surface area (Å²) in [6, 6.07) is 9.81. The third kappa shape index (κ3) is 1.56. The fraction of sp³-hybridized carbons (Fsp3) is 0.308. The van der Waals surface area contributed by atoms with Crippen LogP contribution in [0.25, 0.3) is 0 Å². The van der Waals surface area contributed by atoms with Crippen molar-refractivity contribution >= 4 is 5.97 Å². The summed E-state index contributed by atoms with van der Waals surface area (Å²) in [6.07, 6.45) is 5.76. The maximum absolute atomic E-state index is 11.9. The van der Waals surface area contributed by atoms with Gasteiger partial charge in [-0.1, -0.05) is 42.5 Å². The molecule has 1 aliphatic carbocycles. The Hall–Kier alpha value is -1.57. The van der Waals surface area contributed by atoms with E-state index < -0.39 is 5.41 Å². The number of hydrogen-bond donors (Lipinski definition) is 0. The highest BCUT2D eigenvalue weighted by molar-refractivity contribution is 5.86. The largest absolute Gasteiger partial charge is 0.468 e. The van der Waals surface area contributed by atoms with Crippen molar-refractivity contribution in [3.8, 4) is 0 Å². The molecule has 2 heteroatoms. The van der Waals surface area contributed by atoms with Gasteiger partial charge in [0.2, 0.25) is 0 Å². The number of ether oxygens (including phenoxy) is 1. The quantitative estimate of drug-likeness (QED) is 0.544. The summed E-state index contributed by atoms with van der Waals surface area (Å²) in [7, 11) is 1.44. The summed E-state index contributed by atoms with van der Waals surface area (Å²) >= 11 is 0. The third-order valence-electron chi connectivity index (χ3n) is 2.95. The fourth-order valence-electron chi connectivity index (χ4n) is 2.13. The second-order valence-corrected chi connectivity index (χ2v) is 3.77. The maximum Gasteiger partial charge on any atom is 0.320 e. The van der Waals surface area contributed by atoms with Crippen LogP contribution in [0, 0.1) is 0 Å². The zero-order chi connectivity index (χ0) is 10.7. The Balaban J connectivity index is 2.44. The average Bonchev–Trinajstić information content (AvgIpc) is 2.79. The van der Waals surface area contributed by atoms with E-state index >= 15 is 0 Å². The van der Waals surface area contributed by atoms with Crippen molar-refractivity contribution in [1.29, 1.82) is 0 Å². The van der Waals surface area contributed by atoms with Gasteiger partial charge < -0.3 is 4.74 Å². The molecule has 15 heavy (non-hydrogen) atoms. The van der Waals surface area contributed by atoms with Crippen LogP contribution in [0.5, 0.6) is 0 Å². The predicted octanol–water partition coefficient (Wildman–Crippen LogP) is 2.45. The van der Waals surface area contributed by atoms with E-state index in [0.29, 0.717) is 0 Å². The van der Waals surface area contributed by atoms with Crippen molar-refractivity contribution in [1.82, 2.24) is 0 Å². The van der Waals surface area contributed by atoms with E-state index in [1.807, 2.05) is 42.5 Å². The number of carbonyl (C=O) groups is 1. The van der Waals surface area contributed by atoms with Gasteiger partial charge in [0, 0.05) is 0 Å². The van der Waals surface area contributed by atoms with Gasteiger partial charge >= 0.3 is 5.97 Å². The third-order valence-corrected chi connectivity index (χ3v) is 2.95. The molecule has 0 amide bonds. The van der Waals surface area contributed by atoms with Crippen molar-refractivity contribution in [2.24, 2.45) is 0 Å². The minimum Gasteiger partial charge on any atom is -0.468 e. The second-order valence-electron chi connectivity index (χ2n) is 3.77. The molecule has 78 valence electrons. The van der Waals surface area contributed by atoms with Gasteiger partial charge in [-0.05, 0) is 18.4 Å². The first-order valence-electron chi connectivity index (χ1n) is 5.11. The number of esters is 1. The number of benzene rings is 1. The average molecular weight is 202 g/mol. The van der Waals surface area contributed by atoms with E-state index in [1.165, 1.54) is 7.11 Å². The Kier molecular flexibility index (Phi) is 2.58. The van der Waals surface area contributed by atoms with Gasteiger partial charge in [0.1, 0.15) is 5.41 Å². The molecule has 0 aliphatic heterocycles. The lowest BCUT2D eigenvalue weighted by Gasteiger charge is -2.24. The van der Waals surface area contributed by atoms with Gasteiger partial charge in [-0.3, -0.25) is 4.79 Å². The second kappa shape index (κ2) is 3.89. The Morgan fingerprint density at radius 3 is 2.60 bits per heavy atom. The van der Waals surface area contributed by atoms with Crippen molar-refractivity contribution < 1.29 is 9.53 Å². The zero-order valence-corrected chi connectivity index (χ0v) is 8.77. The van der Waals surface area contributed by atoms with E-state index in [0.717, 1.165) is 18.4 Å². The predicted molar refractivity (Wildman–Crippen MR) is 58.5 cm³/mol.